The lowest BCUT2D eigenvalue weighted by molar-refractivity contribution is 0.181. The second kappa shape index (κ2) is 4.73. The Kier molecular flexibility index (Phi) is 3.48. The molecule has 0 saturated carbocycles. The van der Waals surface area contributed by atoms with Crippen LogP contribution >= 0.6 is 11.6 Å². The van der Waals surface area contributed by atoms with Gasteiger partial charge in [-0.25, -0.2) is 0 Å². The highest BCUT2D eigenvalue weighted by atomic mass is 35.5. The summed E-state index contributed by atoms with van der Waals surface area (Å²) >= 11 is 6.00. The first-order valence-corrected chi connectivity index (χ1v) is 6.55. The van der Waals surface area contributed by atoms with Gasteiger partial charge in [0, 0.05) is 17.7 Å². The highest BCUT2D eigenvalue weighted by Crippen LogP contribution is 2.36. The molecule has 0 amide bonds. The Balaban J connectivity index is 2.08. The zero-order chi connectivity index (χ0) is 12.5. The summed E-state index contributed by atoms with van der Waals surface area (Å²) in [6.07, 6.45) is 4.08. The molecule has 0 aliphatic carbocycles. The molecule has 0 aromatic heterocycles. The van der Waals surface area contributed by atoms with Crippen LogP contribution < -0.4 is 4.74 Å². The average molecular weight is 251 g/mol. The van der Waals surface area contributed by atoms with E-state index in [2.05, 4.69) is 38.6 Å². The molecule has 1 aromatic rings. The van der Waals surface area contributed by atoms with Gasteiger partial charge >= 0.3 is 0 Å². The Morgan fingerprint density at radius 2 is 2.35 bits per heavy atom. The van der Waals surface area contributed by atoms with Crippen LogP contribution in [0.25, 0.3) is 0 Å². The van der Waals surface area contributed by atoms with Crippen LogP contribution in [-0.2, 0) is 6.42 Å². The van der Waals surface area contributed by atoms with E-state index < -0.39 is 0 Å². The van der Waals surface area contributed by atoms with Gasteiger partial charge < -0.3 is 4.74 Å². The fraction of sp³-hybridized carbons (Fsp3) is 0.467. The van der Waals surface area contributed by atoms with E-state index in [1.54, 1.807) is 0 Å². The maximum atomic E-state index is 6.00. The van der Waals surface area contributed by atoms with Gasteiger partial charge in [-0.05, 0) is 25.0 Å². The van der Waals surface area contributed by atoms with E-state index in [1.807, 2.05) is 6.08 Å². The second-order valence-corrected chi connectivity index (χ2v) is 5.52. The average Bonchev–Trinajstić information content (AvgIpc) is 2.70. The molecular weight excluding hydrogens is 232 g/mol. The number of hydrogen-bond acceptors (Lipinski definition) is 1. The molecule has 2 atom stereocenters. The lowest BCUT2D eigenvalue weighted by Crippen LogP contribution is -2.26. The molecule has 17 heavy (non-hydrogen) atoms. The predicted octanol–water partition coefficient (Wildman–Crippen LogP) is 4.12. The van der Waals surface area contributed by atoms with Crippen LogP contribution in [0.4, 0.5) is 0 Å². The van der Waals surface area contributed by atoms with Crippen molar-refractivity contribution in [3.63, 3.8) is 0 Å². The van der Waals surface area contributed by atoms with Gasteiger partial charge in [0.2, 0.25) is 0 Å². The summed E-state index contributed by atoms with van der Waals surface area (Å²) in [5.74, 6) is 1.62. The van der Waals surface area contributed by atoms with Gasteiger partial charge in [-0.15, -0.1) is 18.2 Å². The van der Waals surface area contributed by atoms with Crippen molar-refractivity contribution in [3.8, 4) is 5.75 Å². The van der Waals surface area contributed by atoms with E-state index in [1.165, 1.54) is 11.1 Å². The molecule has 0 radical (unpaired) electrons. The third-order valence-corrected chi connectivity index (χ3v) is 4.06. The fourth-order valence-electron chi connectivity index (χ4n) is 2.28. The first-order chi connectivity index (χ1) is 8.06. The number of rotatable bonds is 4. The third kappa shape index (κ3) is 2.66. The molecule has 92 valence electrons. The highest BCUT2D eigenvalue weighted by Gasteiger charge is 2.30. The maximum absolute atomic E-state index is 6.00. The Morgan fingerprint density at radius 3 is 3.00 bits per heavy atom. The van der Waals surface area contributed by atoms with E-state index in [4.69, 9.17) is 16.3 Å². The zero-order valence-electron chi connectivity index (χ0n) is 10.5. The molecule has 1 nitrogen and oxygen atoms in total. The molecule has 0 saturated heterocycles. The number of hydrogen-bond donors (Lipinski definition) is 0. The van der Waals surface area contributed by atoms with Crippen LogP contribution in [0.2, 0.25) is 0 Å². The SMILES string of the molecule is C=CC(C)(CCl)CC1Cc2cc(C)ccc2O1. The number of ether oxygens (including phenoxy) is 1. The molecular formula is C15H19ClO. The summed E-state index contributed by atoms with van der Waals surface area (Å²) in [6, 6.07) is 6.37. The topological polar surface area (TPSA) is 9.23 Å². The monoisotopic (exact) mass is 250 g/mol. The van der Waals surface area contributed by atoms with Crippen molar-refractivity contribution in [2.45, 2.75) is 32.8 Å². The van der Waals surface area contributed by atoms with Gasteiger partial charge in [0.25, 0.3) is 0 Å². The van der Waals surface area contributed by atoms with E-state index in [0.717, 1.165) is 18.6 Å². The van der Waals surface area contributed by atoms with Gasteiger partial charge in [-0.2, -0.15) is 0 Å². The molecule has 0 fully saturated rings. The van der Waals surface area contributed by atoms with Gasteiger partial charge in [-0.1, -0.05) is 30.7 Å². The summed E-state index contributed by atoms with van der Waals surface area (Å²) in [4.78, 5) is 0. The van der Waals surface area contributed by atoms with Crippen molar-refractivity contribution in [1.82, 2.24) is 0 Å². The molecule has 0 bridgehead atoms. The number of fused-ring (bicyclic) bond motifs is 1. The second-order valence-electron chi connectivity index (χ2n) is 5.25. The number of halogens is 1. The third-order valence-electron chi connectivity index (χ3n) is 3.45. The van der Waals surface area contributed by atoms with Crippen LogP contribution in [0.15, 0.2) is 30.9 Å². The Morgan fingerprint density at radius 1 is 1.59 bits per heavy atom. The molecule has 2 unspecified atom stereocenters. The standard InChI is InChI=1S/C15H19ClO/c1-4-15(3,10-16)9-13-8-12-7-11(2)5-6-14(12)17-13/h4-7,13H,1,8-10H2,2-3H3. The molecule has 1 heterocycles. The molecule has 0 spiro atoms. The van der Waals surface area contributed by atoms with Crippen LogP contribution in [-0.4, -0.2) is 12.0 Å². The van der Waals surface area contributed by atoms with Crippen molar-refractivity contribution in [3.05, 3.63) is 42.0 Å². The Bertz CT molecular complexity index is 427. The number of benzene rings is 1. The summed E-state index contributed by atoms with van der Waals surface area (Å²) in [7, 11) is 0. The minimum atomic E-state index is -0.0384. The van der Waals surface area contributed by atoms with E-state index in [0.29, 0.717) is 5.88 Å². The van der Waals surface area contributed by atoms with Gasteiger partial charge in [0.15, 0.2) is 0 Å². The maximum Gasteiger partial charge on any atom is 0.123 e. The van der Waals surface area contributed by atoms with Crippen molar-refractivity contribution in [2.75, 3.05) is 5.88 Å². The normalized spacial score (nSPS) is 21.5. The molecule has 1 aromatic carbocycles. The van der Waals surface area contributed by atoms with Crippen molar-refractivity contribution < 1.29 is 4.74 Å². The quantitative estimate of drug-likeness (QED) is 0.577. The lowest BCUT2D eigenvalue weighted by Gasteiger charge is -2.25. The lowest BCUT2D eigenvalue weighted by atomic mass is 9.85. The summed E-state index contributed by atoms with van der Waals surface area (Å²) < 4.78 is 5.95. The first-order valence-electron chi connectivity index (χ1n) is 6.02. The minimum absolute atomic E-state index is 0.0384. The summed E-state index contributed by atoms with van der Waals surface area (Å²) in [5, 5.41) is 0. The molecule has 2 rings (SSSR count). The minimum Gasteiger partial charge on any atom is -0.490 e. The smallest absolute Gasteiger partial charge is 0.123 e. The van der Waals surface area contributed by atoms with Gasteiger partial charge in [-0.3, -0.25) is 0 Å². The molecule has 0 N–H and O–H groups in total. The van der Waals surface area contributed by atoms with E-state index >= 15 is 0 Å². The number of alkyl halides is 1. The largest absolute Gasteiger partial charge is 0.490 e. The Hall–Kier alpha value is -0.950. The highest BCUT2D eigenvalue weighted by molar-refractivity contribution is 6.18. The summed E-state index contributed by atoms with van der Waals surface area (Å²) in [5.41, 5.74) is 2.57. The van der Waals surface area contributed by atoms with Crippen LogP contribution in [0, 0.1) is 12.3 Å². The van der Waals surface area contributed by atoms with E-state index in [-0.39, 0.29) is 11.5 Å². The predicted molar refractivity (Wildman–Crippen MR) is 72.9 cm³/mol. The van der Waals surface area contributed by atoms with Crippen molar-refractivity contribution >= 4 is 11.6 Å². The zero-order valence-corrected chi connectivity index (χ0v) is 11.3. The summed E-state index contributed by atoms with van der Waals surface area (Å²) in [6.45, 7) is 8.11. The van der Waals surface area contributed by atoms with Gasteiger partial charge in [0.05, 0.1) is 0 Å². The van der Waals surface area contributed by atoms with Crippen molar-refractivity contribution in [1.29, 1.82) is 0 Å². The van der Waals surface area contributed by atoms with Crippen LogP contribution in [0.3, 0.4) is 0 Å². The first kappa shape index (κ1) is 12.5. The fourth-order valence-corrected chi connectivity index (χ4v) is 2.49. The Labute approximate surface area is 108 Å². The number of aryl methyl sites for hydroxylation is 1. The molecule has 2 heteroatoms. The van der Waals surface area contributed by atoms with Crippen molar-refractivity contribution in [2.24, 2.45) is 5.41 Å². The van der Waals surface area contributed by atoms with E-state index in [9.17, 15) is 0 Å². The number of allylic oxidation sites excluding steroid dienone is 1. The van der Waals surface area contributed by atoms with Gasteiger partial charge in [0.1, 0.15) is 11.9 Å². The molecule has 1 aliphatic heterocycles. The molecule has 1 aliphatic rings. The van der Waals surface area contributed by atoms with Crippen LogP contribution in [0.5, 0.6) is 5.75 Å². The van der Waals surface area contributed by atoms with Crippen LogP contribution in [0.1, 0.15) is 24.5 Å².